The molecule has 0 aliphatic heterocycles. The molecule has 0 bridgehead atoms. The van der Waals surface area contributed by atoms with Gasteiger partial charge in [-0.15, -0.1) is 0 Å². The molecule has 0 amide bonds. The maximum absolute atomic E-state index is 6.49. The van der Waals surface area contributed by atoms with E-state index in [0.29, 0.717) is 6.04 Å². The molecule has 0 spiro atoms. The Labute approximate surface area is 108 Å². The highest BCUT2D eigenvalue weighted by molar-refractivity contribution is 4.81. The van der Waals surface area contributed by atoms with Gasteiger partial charge in [0.05, 0.1) is 0 Å². The van der Waals surface area contributed by atoms with Crippen molar-refractivity contribution in [2.45, 2.75) is 83.6 Å². The quantitative estimate of drug-likeness (QED) is 0.719. The summed E-state index contributed by atoms with van der Waals surface area (Å²) in [5.41, 5.74) is 6.49. The molecule has 0 saturated heterocycles. The highest BCUT2D eigenvalue weighted by atomic mass is 14.7. The normalized spacial score (nSPS) is 34.2. The summed E-state index contributed by atoms with van der Waals surface area (Å²) in [6.07, 6.45) is 15.7. The van der Waals surface area contributed by atoms with Crippen molar-refractivity contribution in [2.24, 2.45) is 23.5 Å². The lowest BCUT2D eigenvalue weighted by atomic mass is 9.76. The van der Waals surface area contributed by atoms with E-state index in [9.17, 15) is 0 Å². The van der Waals surface area contributed by atoms with Gasteiger partial charge in [-0.2, -0.15) is 0 Å². The van der Waals surface area contributed by atoms with Crippen LogP contribution in [0, 0.1) is 17.8 Å². The molecule has 1 heteroatoms. The summed E-state index contributed by atoms with van der Waals surface area (Å²) in [4.78, 5) is 0. The number of nitrogens with two attached hydrogens (primary N) is 1. The van der Waals surface area contributed by atoms with Gasteiger partial charge in [-0.25, -0.2) is 0 Å². The molecule has 100 valence electrons. The SMILES string of the molecule is CC1CCCC(C(N)CC2CCCCCC2)C1. The predicted octanol–water partition coefficient (Wildman–Crippen LogP) is 4.50. The van der Waals surface area contributed by atoms with Crippen molar-refractivity contribution in [3.8, 4) is 0 Å². The van der Waals surface area contributed by atoms with Gasteiger partial charge < -0.3 is 5.73 Å². The van der Waals surface area contributed by atoms with Gasteiger partial charge in [0.15, 0.2) is 0 Å². The van der Waals surface area contributed by atoms with E-state index in [1.54, 1.807) is 0 Å². The number of rotatable bonds is 3. The van der Waals surface area contributed by atoms with Crippen molar-refractivity contribution in [3.63, 3.8) is 0 Å². The molecule has 2 fully saturated rings. The largest absolute Gasteiger partial charge is 0.327 e. The fourth-order valence-corrected chi connectivity index (χ4v) is 4.05. The van der Waals surface area contributed by atoms with Crippen LogP contribution in [-0.2, 0) is 0 Å². The number of hydrogen-bond donors (Lipinski definition) is 1. The summed E-state index contributed by atoms with van der Waals surface area (Å²) in [5, 5.41) is 0. The van der Waals surface area contributed by atoms with Gasteiger partial charge in [-0.1, -0.05) is 58.3 Å². The molecule has 0 aromatic heterocycles. The zero-order chi connectivity index (χ0) is 12.1. The summed E-state index contributed by atoms with van der Waals surface area (Å²) in [6, 6.07) is 0.501. The third-order valence-electron chi connectivity index (χ3n) is 5.16. The number of hydrogen-bond acceptors (Lipinski definition) is 1. The first-order chi connectivity index (χ1) is 8.25. The Kier molecular flexibility index (Phi) is 5.34. The van der Waals surface area contributed by atoms with Gasteiger partial charge in [0.25, 0.3) is 0 Å². The van der Waals surface area contributed by atoms with Crippen molar-refractivity contribution in [1.82, 2.24) is 0 Å². The Bertz CT molecular complexity index is 206. The van der Waals surface area contributed by atoms with Crippen LogP contribution in [0.2, 0.25) is 0 Å². The molecule has 2 N–H and O–H groups in total. The van der Waals surface area contributed by atoms with E-state index in [2.05, 4.69) is 6.92 Å². The van der Waals surface area contributed by atoms with Crippen molar-refractivity contribution < 1.29 is 0 Å². The van der Waals surface area contributed by atoms with Crippen LogP contribution in [0.25, 0.3) is 0 Å². The smallest absolute Gasteiger partial charge is 0.00698 e. The van der Waals surface area contributed by atoms with E-state index in [0.717, 1.165) is 17.8 Å². The van der Waals surface area contributed by atoms with Crippen LogP contribution < -0.4 is 5.73 Å². The molecule has 3 atom stereocenters. The average molecular weight is 237 g/mol. The maximum Gasteiger partial charge on any atom is 0.00698 e. The molecular weight excluding hydrogens is 206 g/mol. The van der Waals surface area contributed by atoms with E-state index in [1.807, 2.05) is 0 Å². The summed E-state index contributed by atoms with van der Waals surface area (Å²) < 4.78 is 0. The van der Waals surface area contributed by atoms with E-state index in [1.165, 1.54) is 70.6 Å². The van der Waals surface area contributed by atoms with Crippen LogP contribution in [0.5, 0.6) is 0 Å². The van der Waals surface area contributed by atoms with Crippen molar-refractivity contribution >= 4 is 0 Å². The highest BCUT2D eigenvalue weighted by Gasteiger charge is 2.26. The van der Waals surface area contributed by atoms with Crippen molar-refractivity contribution in [2.75, 3.05) is 0 Å². The highest BCUT2D eigenvalue weighted by Crippen LogP contribution is 2.34. The van der Waals surface area contributed by atoms with Crippen LogP contribution in [0.4, 0.5) is 0 Å². The lowest BCUT2D eigenvalue weighted by Gasteiger charge is -2.33. The molecule has 2 rings (SSSR count). The molecule has 0 aromatic rings. The standard InChI is InChI=1S/C16H31N/c1-13-7-6-10-15(11-13)16(17)12-14-8-4-2-3-5-9-14/h13-16H,2-12,17H2,1H3. The molecule has 2 aliphatic carbocycles. The second-order valence-corrected chi connectivity index (χ2v) is 6.79. The van der Waals surface area contributed by atoms with Crippen LogP contribution in [0.1, 0.15) is 77.6 Å². The lowest BCUT2D eigenvalue weighted by Crippen LogP contribution is -2.35. The Morgan fingerprint density at radius 1 is 0.941 bits per heavy atom. The molecule has 3 unspecified atom stereocenters. The first-order valence-electron chi connectivity index (χ1n) is 8.01. The molecule has 2 saturated carbocycles. The van der Waals surface area contributed by atoms with Crippen LogP contribution in [0.3, 0.4) is 0 Å². The molecule has 0 heterocycles. The Morgan fingerprint density at radius 3 is 2.29 bits per heavy atom. The van der Waals surface area contributed by atoms with Crippen molar-refractivity contribution in [3.05, 3.63) is 0 Å². The van der Waals surface area contributed by atoms with Crippen LogP contribution >= 0.6 is 0 Å². The predicted molar refractivity (Wildman–Crippen MR) is 74.9 cm³/mol. The summed E-state index contributed by atoms with van der Waals surface area (Å²) in [6.45, 7) is 2.41. The van der Waals surface area contributed by atoms with E-state index in [4.69, 9.17) is 5.73 Å². The Hall–Kier alpha value is -0.0400. The minimum Gasteiger partial charge on any atom is -0.327 e. The third-order valence-corrected chi connectivity index (χ3v) is 5.16. The van der Waals surface area contributed by atoms with Gasteiger partial charge in [-0.3, -0.25) is 0 Å². The zero-order valence-corrected chi connectivity index (χ0v) is 11.7. The second kappa shape index (κ2) is 6.78. The van der Waals surface area contributed by atoms with Gasteiger partial charge in [0.2, 0.25) is 0 Å². The molecule has 2 aliphatic rings. The van der Waals surface area contributed by atoms with Gasteiger partial charge in [0, 0.05) is 6.04 Å². The fourth-order valence-electron chi connectivity index (χ4n) is 4.05. The fraction of sp³-hybridized carbons (Fsp3) is 1.00. The molecule has 1 nitrogen and oxygen atoms in total. The van der Waals surface area contributed by atoms with Gasteiger partial charge in [-0.05, 0) is 37.0 Å². The van der Waals surface area contributed by atoms with Crippen LogP contribution in [0.15, 0.2) is 0 Å². The van der Waals surface area contributed by atoms with Gasteiger partial charge >= 0.3 is 0 Å². The molecule has 0 aromatic carbocycles. The van der Waals surface area contributed by atoms with E-state index in [-0.39, 0.29) is 0 Å². The van der Waals surface area contributed by atoms with Crippen LogP contribution in [-0.4, -0.2) is 6.04 Å². The lowest BCUT2D eigenvalue weighted by molar-refractivity contribution is 0.220. The molecule has 17 heavy (non-hydrogen) atoms. The first kappa shape index (κ1) is 13.4. The minimum atomic E-state index is 0.501. The third kappa shape index (κ3) is 4.28. The maximum atomic E-state index is 6.49. The second-order valence-electron chi connectivity index (χ2n) is 6.79. The topological polar surface area (TPSA) is 26.0 Å². The Balaban J connectivity index is 1.76. The minimum absolute atomic E-state index is 0.501. The van der Waals surface area contributed by atoms with E-state index < -0.39 is 0 Å². The first-order valence-corrected chi connectivity index (χ1v) is 8.01. The average Bonchev–Trinajstić information content (AvgIpc) is 2.57. The van der Waals surface area contributed by atoms with Gasteiger partial charge in [0.1, 0.15) is 0 Å². The zero-order valence-electron chi connectivity index (χ0n) is 11.7. The monoisotopic (exact) mass is 237 g/mol. The molecule has 0 radical (unpaired) electrons. The summed E-state index contributed by atoms with van der Waals surface area (Å²) in [5.74, 6) is 2.71. The molecular formula is C16H31N. The van der Waals surface area contributed by atoms with E-state index >= 15 is 0 Å². The summed E-state index contributed by atoms with van der Waals surface area (Å²) >= 11 is 0. The van der Waals surface area contributed by atoms with Crippen molar-refractivity contribution in [1.29, 1.82) is 0 Å². The summed E-state index contributed by atoms with van der Waals surface area (Å²) in [7, 11) is 0. The Morgan fingerprint density at radius 2 is 1.65 bits per heavy atom.